The zero-order chi connectivity index (χ0) is 33.9. The van der Waals surface area contributed by atoms with Crippen molar-refractivity contribution >= 4 is 21.8 Å². The number of nitrogens with one attached hydrogen (secondary N) is 1. The number of methoxy groups -OCH3 is 1. The molecule has 0 saturated carbocycles. The van der Waals surface area contributed by atoms with Gasteiger partial charge in [-0.3, -0.25) is 9.59 Å². The number of nitrogens with zero attached hydrogens (tertiary/aromatic N) is 2. The third kappa shape index (κ3) is 8.97. The fourth-order valence-corrected chi connectivity index (χ4v) is 6.77. The maximum atomic E-state index is 13.9. The van der Waals surface area contributed by atoms with E-state index in [0.717, 1.165) is 11.1 Å². The van der Waals surface area contributed by atoms with E-state index < -0.39 is 40.3 Å². The SMILES string of the molecule is COc1ccccc1CNC(=O)[C@H](Cc1ccccc1)N(Cc1ccc(F)cc1)C(=O)COc1ccc(S(=O)(=O)N2CCOCC2)cc1. The summed E-state index contributed by atoms with van der Waals surface area (Å²) < 4.78 is 57.7. The number of hydrogen-bond donors (Lipinski definition) is 1. The Morgan fingerprint density at radius 3 is 2.25 bits per heavy atom. The van der Waals surface area contributed by atoms with E-state index in [1.807, 2.05) is 48.5 Å². The van der Waals surface area contributed by atoms with Gasteiger partial charge in [0.05, 0.1) is 25.2 Å². The summed E-state index contributed by atoms with van der Waals surface area (Å²) in [6, 6.07) is 27.3. The number of hydrogen-bond acceptors (Lipinski definition) is 7. The molecule has 4 aromatic carbocycles. The van der Waals surface area contributed by atoms with Crippen molar-refractivity contribution in [3.63, 3.8) is 0 Å². The van der Waals surface area contributed by atoms with E-state index in [4.69, 9.17) is 14.2 Å². The van der Waals surface area contributed by atoms with E-state index in [9.17, 15) is 22.4 Å². The predicted molar refractivity (Wildman–Crippen MR) is 177 cm³/mol. The molecule has 0 spiro atoms. The highest BCUT2D eigenvalue weighted by atomic mass is 32.2. The molecule has 1 N–H and O–H groups in total. The summed E-state index contributed by atoms with van der Waals surface area (Å²) in [6.07, 6.45) is 0.208. The fourth-order valence-electron chi connectivity index (χ4n) is 5.36. The van der Waals surface area contributed by atoms with Crippen LogP contribution in [0.25, 0.3) is 0 Å². The van der Waals surface area contributed by atoms with E-state index in [2.05, 4.69) is 5.32 Å². The van der Waals surface area contributed by atoms with Gasteiger partial charge in [0.2, 0.25) is 15.9 Å². The Balaban J connectivity index is 1.37. The van der Waals surface area contributed by atoms with Crippen LogP contribution < -0.4 is 14.8 Å². The Bertz CT molecular complexity index is 1770. The number of benzene rings is 4. The average molecular weight is 676 g/mol. The number of morpholine rings is 1. The summed E-state index contributed by atoms with van der Waals surface area (Å²) in [4.78, 5) is 29.4. The molecule has 0 aliphatic carbocycles. The Kier molecular flexibility index (Phi) is 11.8. The van der Waals surface area contributed by atoms with Crippen LogP contribution in [0.1, 0.15) is 16.7 Å². The molecule has 0 radical (unpaired) electrons. The van der Waals surface area contributed by atoms with Crippen molar-refractivity contribution in [3.05, 3.63) is 126 Å². The van der Waals surface area contributed by atoms with E-state index in [1.54, 1.807) is 25.3 Å². The first-order valence-electron chi connectivity index (χ1n) is 15.5. The Labute approximate surface area is 280 Å². The topological polar surface area (TPSA) is 114 Å². The standard InChI is InChI=1S/C36H38FN3O7S/c1-45-34-10-6-5-9-29(34)24-38-36(42)33(23-27-7-3-2-4-8-27)40(25-28-11-13-30(37)14-12-28)35(41)26-47-31-15-17-32(18-16-31)48(43,44)39-19-21-46-22-20-39/h2-18,33H,19-26H2,1H3,(H,38,42)/t33-/m0/s1. The normalized spacial score (nSPS) is 14.1. The van der Waals surface area contributed by atoms with Crippen LogP contribution in [0.2, 0.25) is 0 Å². The number of carbonyl (C=O) groups is 2. The van der Waals surface area contributed by atoms with Crippen LogP contribution in [0.5, 0.6) is 11.5 Å². The van der Waals surface area contributed by atoms with E-state index in [0.29, 0.717) is 24.5 Å². The Morgan fingerprint density at radius 2 is 1.56 bits per heavy atom. The number of amides is 2. The zero-order valence-corrected chi connectivity index (χ0v) is 27.4. The molecule has 0 unspecified atom stereocenters. The third-order valence-corrected chi connectivity index (χ3v) is 9.89. The van der Waals surface area contributed by atoms with Gasteiger partial charge in [0.1, 0.15) is 23.4 Å². The number of carbonyl (C=O) groups excluding carboxylic acids is 2. The Hall–Kier alpha value is -4.78. The predicted octanol–water partition coefficient (Wildman–Crippen LogP) is 4.19. The Morgan fingerprint density at radius 1 is 0.896 bits per heavy atom. The second-order valence-corrected chi connectivity index (χ2v) is 13.1. The molecule has 10 nitrogen and oxygen atoms in total. The number of rotatable bonds is 14. The first-order chi connectivity index (χ1) is 23.2. The van der Waals surface area contributed by atoms with Crippen molar-refractivity contribution in [3.8, 4) is 11.5 Å². The lowest BCUT2D eigenvalue weighted by molar-refractivity contribution is -0.142. The van der Waals surface area contributed by atoms with Gasteiger partial charge in [-0.15, -0.1) is 0 Å². The van der Waals surface area contributed by atoms with E-state index in [1.165, 1.54) is 45.6 Å². The molecule has 12 heteroatoms. The molecule has 1 aliphatic rings. The van der Waals surface area contributed by atoms with Crippen LogP contribution in [0.15, 0.2) is 108 Å². The van der Waals surface area contributed by atoms with Crippen LogP contribution in [0.3, 0.4) is 0 Å². The van der Waals surface area contributed by atoms with Gasteiger partial charge in [-0.2, -0.15) is 4.31 Å². The molecule has 0 aromatic heterocycles. The van der Waals surface area contributed by atoms with Crippen molar-refractivity contribution in [1.82, 2.24) is 14.5 Å². The van der Waals surface area contributed by atoms with Crippen LogP contribution in [0.4, 0.5) is 4.39 Å². The molecule has 5 rings (SSSR count). The second-order valence-electron chi connectivity index (χ2n) is 11.2. The minimum atomic E-state index is -3.70. The van der Waals surface area contributed by atoms with E-state index in [-0.39, 0.29) is 43.2 Å². The highest BCUT2D eigenvalue weighted by Crippen LogP contribution is 2.22. The van der Waals surface area contributed by atoms with Crippen molar-refractivity contribution in [1.29, 1.82) is 0 Å². The average Bonchev–Trinajstić information content (AvgIpc) is 3.13. The first-order valence-corrected chi connectivity index (χ1v) is 17.0. The number of ether oxygens (including phenoxy) is 3. The lowest BCUT2D eigenvalue weighted by atomic mass is 10.0. The van der Waals surface area contributed by atoms with Gasteiger partial charge in [0, 0.05) is 38.2 Å². The summed E-state index contributed by atoms with van der Waals surface area (Å²) in [5.74, 6) is -0.398. The monoisotopic (exact) mass is 675 g/mol. The molecule has 1 aliphatic heterocycles. The quantitative estimate of drug-likeness (QED) is 0.213. The smallest absolute Gasteiger partial charge is 0.261 e. The molecular weight excluding hydrogens is 637 g/mol. The summed E-state index contributed by atoms with van der Waals surface area (Å²) in [5, 5.41) is 2.96. The molecular formula is C36H38FN3O7S. The lowest BCUT2D eigenvalue weighted by Crippen LogP contribution is -2.51. The van der Waals surface area contributed by atoms with Crippen molar-refractivity contribution < 1.29 is 36.6 Å². The first kappa shape index (κ1) is 34.6. The molecule has 2 amide bonds. The van der Waals surface area contributed by atoms with Crippen LogP contribution in [-0.2, 0) is 43.9 Å². The molecule has 4 aromatic rings. The third-order valence-electron chi connectivity index (χ3n) is 7.98. The second kappa shape index (κ2) is 16.4. The lowest BCUT2D eigenvalue weighted by Gasteiger charge is -2.31. The van der Waals surface area contributed by atoms with Gasteiger partial charge in [0.25, 0.3) is 5.91 Å². The molecule has 1 saturated heterocycles. The van der Waals surface area contributed by atoms with Crippen LogP contribution in [0, 0.1) is 5.82 Å². The maximum Gasteiger partial charge on any atom is 0.261 e. The molecule has 1 atom stereocenters. The van der Waals surface area contributed by atoms with E-state index >= 15 is 0 Å². The number of sulfonamides is 1. The molecule has 0 bridgehead atoms. The summed E-state index contributed by atoms with van der Waals surface area (Å²) >= 11 is 0. The molecule has 1 fully saturated rings. The van der Waals surface area contributed by atoms with Gasteiger partial charge >= 0.3 is 0 Å². The van der Waals surface area contributed by atoms with Gasteiger partial charge in [0.15, 0.2) is 6.61 Å². The van der Waals surface area contributed by atoms with Gasteiger partial charge in [-0.1, -0.05) is 60.7 Å². The number of para-hydroxylation sites is 1. The zero-order valence-electron chi connectivity index (χ0n) is 26.6. The maximum absolute atomic E-state index is 13.9. The summed E-state index contributed by atoms with van der Waals surface area (Å²) in [5.41, 5.74) is 2.23. The van der Waals surface area contributed by atoms with Crippen molar-refractivity contribution in [2.24, 2.45) is 0 Å². The van der Waals surface area contributed by atoms with Gasteiger partial charge in [-0.05, 0) is 53.6 Å². The molecule has 48 heavy (non-hydrogen) atoms. The number of halogens is 1. The summed E-state index contributed by atoms with van der Waals surface area (Å²) in [6.45, 7) is 0.968. The largest absolute Gasteiger partial charge is 0.496 e. The van der Waals surface area contributed by atoms with Gasteiger partial charge in [-0.25, -0.2) is 12.8 Å². The minimum absolute atomic E-state index is 0.0127. The molecule has 1 heterocycles. The van der Waals surface area contributed by atoms with Crippen molar-refractivity contribution in [2.45, 2.75) is 30.4 Å². The van der Waals surface area contributed by atoms with Gasteiger partial charge < -0.3 is 24.4 Å². The highest BCUT2D eigenvalue weighted by Gasteiger charge is 2.31. The van der Waals surface area contributed by atoms with Crippen LogP contribution in [-0.4, -0.2) is 75.5 Å². The van der Waals surface area contributed by atoms with Crippen molar-refractivity contribution in [2.75, 3.05) is 40.0 Å². The minimum Gasteiger partial charge on any atom is -0.496 e. The fraction of sp³-hybridized carbons (Fsp3) is 0.278. The summed E-state index contributed by atoms with van der Waals surface area (Å²) in [7, 11) is -2.14. The van der Waals surface area contributed by atoms with Crippen LogP contribution >= 0.6 is 0 Å². The highest BCUT2D eigenvalue weighted by molar-refractivity contribution is 7.89. The molecule has 252 valence electrons.